The van der Waals surface area contributed by atoms with Crippen molar-refractivity contribution in [2.45, 2.75) is 19.4 Å². The minimum atomic E-state index is -1.43. The fourth-order valence-corrected chi connectivity index (χ4v) is 1.33. The highest BCUT2D eigenvalue weighted by atomic mass is 19.1. The molecule has 0 aliphatic heterocycles. The molecule has 7 heteroatoms. The van der Waals surface area contributed by atoms with Gasteiger partial charge in [0.15, 0.2) is 6.04 Å². The average molecular weight is 283 g/mol. The van der Waals surface area contributed by atoms with Gasteiger partial charge in [-0.25, -0.2) is 9.18 Å². The van der Waals surface area contributed by atoms with Crippen molar-refractivity contribution in [1.82, 2.24) is 5.32 Å². The van der Waals surface area contributed by atoms with Crippen molar-refractivity contribution < 1.29 is 28.6 Å². The van der Waals surface area contributed by atoms with Crippen molar-refractivity contribution >= 4 is 17.8 Å². The summed E-state index contributed by atoms with van der Waals surface area (Å²) < 4.78 is 18.0. The maximum atomic E-state index is 13.4. The lowest BCUT2D eigenvalue weighted by atomic mass is 10.2. The van der Waals surface area contributed by atoms with Crippen LogP contribution in [0.4, 0.5) is 4.39 Å². The predicted molar refractivity (Wildman–Crippen MR) is 66.5 cm³/mol. The van der Waals surface area contributed by atoms with E-state index in [9.17, 15) is 18.8 Å². The van der Waals surface area contributed by atoms with Crippen LogP contribution in [0, 0.1) is 5.82 Å². The van der Waals surface area contributed by atoms with Gasteiger partial charge in [0, 0.05) is 6.42 Å². The molecule has 0 radical (unpaired) electrons. The molecule has 1 amide bonds. The van der Waals surface area contributed by atoms with Crippen molar-refractivity contribution in [3.05, 3.63) is 35.6 Å². The van der Waals surface area contributed by atoms with Crippen LogP contribution in [0.25, 0.3) is 0 Å². The molecule has 108 valence electrons. The molecule has 0 saturated heterocycles. The first-order valence-electron chi connectivity index (χ1n) is 5.89. The lowest BCUT2D eigenvalue weighted by Gasteiger charge is -2.14. The molecular formula is C13H14FNO5. The number of halogens is 1. The molecule has 0 saturated carbocycles. The molecule has 0 unspecified atom stereocenters. The average Bonchev–Trinajstić information content (AvgIpc) is 2.42. The third-order valence-electron chi connectivity index (χ3n) is 2.42. The summed E-state index contributed by atoms with van der Waals surface area (Å²) in [5, 5.41) is 11.0. The summed E-state index contributed by atoms with van der Waals surface area (Å²) in [5.41, 5.74) is -0.277. The van der Waals surface area contributed by atoms with Gasteiger partial charge in [-0.1, -0.05) is 19.1 Å². The van der Waals surface area contributed by atoms with E-state index < -0.39 is 36.3 Å². The number of benzene rings is 1. The van der Waals surface area contributed by atoms with Gasteiger partial charge in [-0.3, -0.25) is 9.59 Å². The molecule has 1 aromatic carbocycles. The van der Waals surface area contributed by atoms with Gasteiger partial charge in [-0.2, -0.15) is 0 Å². The molecule has 6 nitrogen and oxygen atoms in total. The zero-order valence-electron chi connectivity index (χ0n) is 10.8. The number of hydrogen-bond donors (Lipinski definition) is 2. The smallest absolute Gasteiger partial charge is 0.329 e. The Balaban J connectivity index is 2.71. The molecule has 1 rings (SSSR count). The molecule has 0 aliphatic carbocycles. The maximum absolute atomic E-state index is 13.4. The Kier molecular flexibility index (Phi) is 5.64. The monoisotopic (exact) mass is 283 g/mol. The van der Waals surface area contributed by atoms with Gasteiger partial charge in [0.2, 0.25) is 0 Å². The molecule has 2 N–H and O–H groups in total. The normalized spacial score (nSPS) is 11.5. The third-order valence-corrected chi connectivity index (χ3v) is 2.42. The highest BCUT2D eigenvalue weighted by Crippen LogP contribution is 2.06. The quantitative estimate of drug-likeness (QED) is 0.759. The molecule has 1 atom stereocenters. The van der Waals surface area contributed by atoms with E-state index >= 15 is 0 Å². The van der Waals surface area contributed by atoms with Crippen molar-refractivity contribution in [2.75, 3.05) is 6.61 Å². The van der Waals surface area contributed by atoms with Crippen LogP contribution in [-0.4, -0.2) is 35.6 Å². The number of hydrogen-bond acceptors (Lipinski definition) is 4. The second-order valence-corrected chi connectivity index (χ2v) is 3.88. The van der Waals surface area contributed by atoms with Crippen molar-refractivity contribution in [2.24, 2.45) is 0 Å². The minimum absolute atomic E-state index is 0.0909. The Morgan fingerprint density at radius 3 is 2.55 bits per heavy atom. The Labute approximate surface area is 114 Å². The van der Waals surface area contributed by atoms with E-state index in [0.717, 1.165) is 6.07 Å². The zero-order valence-corrected chi connectivity index (χ0v) is 10.8. The maximum Gasteiger partial charge on any atom is 0.329 e. The van der Waals surface area contributed by atoms with Crippen LogP contribution < -0.4 is 5.32 Å². The van der Waals surface area contributed by atoms with E-state index in [0.29, 0.717) is 0 Å². The first-order chi connectivity index (χ1) is 9.45. The number of ether oxygens (including phenoxy) is 1. The van der Waals surface area contributed by atoms with E-state index in [1.165, 1.54) is 18.2 Å². The van der Waals surface area contributed by atoms with E-state index in [4.69, 9.17) is 5.11 Å². The summed E-state index contributed by atoms with van der Waals surface area (Å²) in [5.74, 6) is -3.61. The van der Waals surface area contributed by atoms with Crippen LogP contribution in [0.5, 0.6) is 0 Å². The third kappa shape index (κ3) is 4.34. The SMILES string of the molecule is CCC(=O)OC[C@H](NC(=O)c1ccccc1F)C(=O)O. The molecule has 1 aromatic rings. The van der Waals surface area contributed by atoms with Gasteiger partial charge in [-0.15, -0.1) is 0 Å². The van der Waals surface area contributed by atoms with Gasteiger partial charge < -0.3 is 15.2 Å². The number of nitrogens with one attached hydrogen (secondary N) is 1. The minimum Gasteiger partial charge on any atom is -0.480 e. The number of carbonyl (C=O) groups is 3. The van der Waals surface area contributed by atoms with Gasteiger partial charge in [-0.05, 0) is 12.1 Å². The standard InChI is InChI=1S/C13H14FNO5/c1-2-11(16)20-7-10(13(18)19)15-12(17)8-5-3-4-6-9(8)14/h3-6,10H,2,7H2,1H3,(H,15,17)(H,18,19)/t10-/m0/s1. The van der Waals surface area contributed by atoms with Crippen molar-refractivity contribution in [3.63, 3.8) is 0 Å². The summed E-state index contributed by atoms with van der Waals surface area (Å²) >= 11 is 0. The molecule has 0 aromatic heterocycles. The van der Waals surface area contributed by atoms with Gasteiger partial charge in [0.05, 0.1) is 5.56 Å². The molecule has 0 aliphatic rings. The second-order valence-electron chi connectivity index (χ2n) is 3.88. The number of esters is 1. The van der Waals surface area contributed by atoms with E-state index in [2.05, 4.69) is 10.1 Å². The van der Waals surface area contributed by atoms with Crippen LogP contribution in [0.3, 0.4) is 0 Å². The van der Waals surface area contributed by atoms with Gasteiger partial charge in [0.1, 0.15) is 12.4 Å². The summed E-state index contributed by atoms with van der Waals surface area (Å²) in [4.78, 5) is 33.7. The largest absolute Gasteiger partial charge is 0.480 e. The van der Waals surface area contributed by atoms with E-state index in [-0.39, 0.29) is 12.0 Å². The molecular weight excluding hydrogens is 269 g/mol. The fourth-order valence-electron chi connectivity index (χ4n) is 1.33. The van der Waals surface area contributed by atoms with E-state index in [1.54, 1.807) is 6.92 Å². The fraction of sp³-hybridized carbons (Fsp3) is 0.308. The first kappa shape index (κ1) is 15.6. The van der Waals surface area contributed by atoms with Crippen molar-refractivity contribution in [3.8, 4) is 0 Å². The second kappa shape index (κ2) is 7.22. The summed E-state index contributed by atoms with van der Waals surface area (Å²) in [7, 11) is 0. The topological polar surface area (TPSA) is 92.7 Å². The summed E-state index contributed by atoms with van der Waals surface area (Å²) in [6.45, 7) is 1.04. The summed E-state index contributed by atoms with van der Waals surface area (Å²) in [6, 6.07) is 3.73. The highest BCUT2D eigenvalue weighted by Gasteiger charge is 2.23. The Morgan fingerprint density at radius 1 is 1.35 bits per heavy atom. The lowest BCUT2D eigenvalue weighted by Crippen LogP contribution is -2.44. The lowest BCUT2D eigenvalue weighted by molar-refractivity contribution is -0.148. The Morgan fingerprint density at radius 2 is 2.00 bits per heavy atom. The Hall–Kier alpha value is -2.44. The van der Waals surface area contributed by atoms with Crippen molar-refractivity contribution in [1.29, 1.82) is 0 Å². The van der Waals surface area contributed by atoms with Crippen LogP contribution >= 0.6 is 0 Å². The number of carboxylic acid groups (broad SMARTS) is 1. The van der Waals surface area contributed by atoms with Crippen LogP contribution in [-0.2, 0) is 14.3 Å². The number of aliphatic carboxylic acids is 1. The van der Waals surface area contributed by atoms with Gasteiger partial charge >= 0.3 is 11.9 Å². The summed E-state index contributed by atoms with van der Waals surface area (Å²) in [6.07, 6.45) is 0.0909. The number of carboxylic acids is 1. The predicted octanol–water partition coefficient (Wildman–Crippen LogP) is 0.962. The molecule has 0 bridgehead atoms. The zero-order chi connectivity index (χ0) is 15.1. The molecule has 0 heterocycles. The van der Waals surface area contributed by atoms with Crippen LogP contribution in [0.2, 0.25) is 0 Å². The van der Waals surface area contributed by atoms with E-state index in [1.807, 2.05) is 0 Å². The first-order valence-corrected chi connectivity index (χ1v) is 5.89. The number of rotatable bonds is 6. The van der Waals surface area contributed by atoms with Crippen LogP contribution in [0.1, 0.15) is 23.7 Å². The molecule has 20 heavy (non-hydrogen) atoms. The Bertz CT molecular complexity index is 517. The number of amides is 1. The highest BCUT2D eigenvalue weighted by molar-refractivity contribution is 5.96. The molecule has 0 fully saturated rings. The van der Waals surface area contributed by atoms with Crippen LogP contribution in [0.15, 0.2) is 24.3 Å². The molecule has 0 spiro atoms. The van der Waals surface area contributed by atoms with Gasteiger partial charge in [0.25, 0.3) is 5.91 Å². The number of carbonyl (C=O) groups excluding carboxylic acids is 2.